The Morgan fingerprint density at radius 3 is 1.86 bits per heavy atom. The van der Waals surface area contributed by atoms with Crippen molar-refractivity contribution in [1.82, 2.24) is 29.3 Å². The molecule has 10 nitrogen and oxygen atoms in total. The van der Waals surface area contributed by atoms with Gasteiger partial charge in [-0.1, -0.05) is 60.7 Å². The molecule has 2 aromatic carbocycles. The topological polar surface area (TPSA) is 106 Å². The number of hydrogen-bond acceptors (Lipinski definition) is 6. The lowest BCUT2D eigenvalue weighted by molar-refractivity contribution is 0.0914. The summed E-state index contributed by atoms with van der Waals surface area (Å²) in [4.78, 5) is 40.8. The smallest absolute Gasteiger partial charge is 0.410 e. The van der Waals surface area contributed by atoms with Crippen LogP contribution in [0.5, 0.6) is 0 Å². The molecule has 0 aliphatic carbocycles. The molecule has 0 saturated carbocycles. The molecule has 6 aromatic rings. The Bertz CT molecular complexity index is 2060. The predicted molar refractivity (Wildman–Crippen MR) is 197 cm³/mol. The molecule has 8 rings (SSSR count). The van der Waals surface area contributed by atoms with Crippen molar-refractivity contribution < 1.29 is 19.1 Å². The number of pyridine rings is 2. The minimum Gasteiger partial charge on any atom is -0.445 e. The maximum absolute atomic E-state index is 12.6. The minimum absolute atomic E-state index is 0.183. The third kappa shape index (κ3) is 8.06. The first-order valence-corrected chi connectivity index (χ1v) is 17.8. The monoisotopic (exact) mass is 684 g/mol. The highest BCUT2D eigenvalue weighted by Crippen LogP contribution is 2.28. The fourth-order valence-electron chi connectivity index (χ4n) is 7.33. The van der Waals surface area contributed by atoms with E-state index in [1.807, 2.05) is 102 Å². The molecule has 0 bridgehead atoms. The van der Waals surface area contributed by atoms with E-state index in [2.05, 4.69) is 37.8 Å². The van der Waals surface area contributed by atoms with Crippen LogP contribution in [-0.4, -0.2) is 66.7 Å². The molecule has 2 atom stereocenters. The van der Waals surface area contributed by atoms with Gasteiger partial charge in [0.1, 0.15) is 24.5 Å². The van der Waals surface area contributed by atoms with Crippen LogP contribution in [0.4, 0.5) is 9.59 Å². The molecule has 2 fully saturated rings. The zero-order valence-corrected chi connectivity index (χ0v) is 29.0. The molecule has 10 heteroatoms. The molecular weight excluding hydrogens is 640 g/mol. The van der Waals surface area contributed by atoms with Gasteiger partial charge in [-0.15, -0.1) is 0 Å². The van der Waals surface area contributed by atoms with E-state index in [0.29, 0.717) is 13.2 Å². The maximum atomic E-state index is 12.6. The molecule has 6 heterocycles. The summed E-state index contributed by atoms with van der Waals surface area (Å²) in [6.07, 6.45) is 13.0. The van der Waals surface area contributed by atoms with Crippen LogP contribution in [0.25, 0.3) is 22.1 Å². The zero-order chi connectivity index (χ0) is 35.0. The van der Waals surface area contributed by atoms with Gasteiger partial charge in [0.2, 0.25) is 0 Å². The maximum Gasteiger partial charge on any atom is 0.410 e. The van der Waals surface area contributed by atoms with E-state index in [-0.39, 0.29) is 24.3 Å². The fourth-order valence-corrected chi connectivity index (χ4v) is 7.33. The standard InChI is InChI=1S/C21H23N3O2.C20H21N3O2/c1-23-14-17(19-10-5-11-22-20(19)23)13-18-9-6-12-24(18)21(25)26-15-16-7-3-2-4-8-16;24-20(25-14-15-6-2-1-3-7-15)23-11-5-8-17(23)12-16-13-22-19-18(16)9-4-10-21-19/h2-5,7-8,10-11,14,18H,6,9,12-13,15H2,1H3;1-4,6-7,9-10,13,17H,5,8,11-12,14H2,(H,21,22)/t18-;17-/m00/s1. The highest BCUT2D eigenvalue weighted by atomic mass is 16.6. The average molecular weight is 685 g/mol. The van der Waals surface area contributed by atoms with Crippen LogP contribution in [0.1, 0.15) is 47.9 Å². The second kappa shape index (κ2) is 15.9. The van der Waals surface area contributed by atoms with Gasteiger partial charge in [0.15, 0.2) is 0 Å². The molecule has 0 radical (unpaired) electrons. The van der Waals surface area contributed by atoms with E-state index >= 15 is 0 Å². The number of hydrogen-bond donors (Lipinski definition) is 1. The van der Waals surface area contributed by atoms with E-state index in [1.165, 1.54) is 16.5 Å². The summed E-state index contributed by atoms with van der Waals surface area (Å²) < 4.78 is 13.1. The summed E-state index contributed by atoms with van der Waals surface area (Å²) in [6, 6.07) is 28.0. The van der Waals surface area contributed by atoms with E-state index in [4.69, 9.17) is 9.47 Å². The summed E-state index contributed by atoms with van der Waals surface area (Å²) in [6.45, 7) is 2.17. The second-order valence-electron chi connectivity index (χ2n) is 13.3. The molecular formula is C41H44N6O4. The Kier molecular flexibility index (Phi) is 10.6. The summed E-state index contributed by atoms with van der Waals surface area (Å²) >= 11 is 0. The van der Waals surface area contributed by atoms with E-state index in [1.54, 1.807) is 6.20 Å². The highest BCUT2D eigenvalue weighted by Gasteiger charge is 2.32. The largest absolute Gasteiger partial charge is 0.445 e. The lowest BCUT2D eigenvalue weighted by atomic mass is 10.0. The van der Waals surface area contributed by atoms with E-state index < -0.39 is 0 Å². The van der Waals surface area contributed by atoms with Gasteiger partial charge < -0.3 is 28.8 Å². The molecule has 2 amide bonds. The molecule has 2 aliphatic rings. The number of nitrogens with one attached hydrogen (secondary N) is 1. The number of ether oxygens (including phenoxy) is 2. The first-order chi connectivity index (χ1) is 25.0. The van der Waals surface area contributed by atoms with E-state index in [9.17, 15) is 9.59 Å². The van der Waals surface area contributed by atoms with Gasteiger partial charge >= 0.3 is 12.2 Å². The molecule has 2 saturated heterocycles. The fraction of sp³-hybridized carbons (Fsp3) is 0.317. The van der Waals surface area contributed by atoms with Gasteiger partial charge in [-0.25, -0.2) is 19.6 Å². The van der Waals surface area contributed by atoms with Crippen molar-refractivity contribution in [2.75, 3.05) is 13.1 Å². The van der Waals surface area contributed by atoms with Crippen LogP contribution < -0.4 is 0 Å². The molecule has 262 valence electrons. The third-order valence-electron chi connectivity index (χ3n) is 9.90. The first kappa shape index (κ1) is 33.8. The van der Waals surface area contributed by atoms with Crippen molar-refractivity contribution in [2.45, 2.75) is 63.8 Å². The van der Waals surface area contributed by atoms with Gasteiger partial charge in [0.05, 0.1) is 0 Å². The molecule has 51 heavy (non-hydrogen) atoms. The number of carbonyl (C=O) groups is 2. The Morgan fingerprint density at radius 2 is 1.25 bits per heavy atom. The Balaban J connectivity index is 0.000000159. The van der Waals surface area contributed by atoms with Crippen molar-refractivity contribution in [3.05, 3.63) is 132 Å². The van der Waals surface area contributed by atoms with Gasteiger partial charge in [-0.05, 0) is 85.0 Å². The van der Waals surface area contributed by atoms with Crippen molar-refractivity contribution >= 4 is 34.3 Å². The molecule has 0 unspecified atom stereocenters. The number of aromatic nitrogens is 4. The molecule has 1 N–H and O–H groups in total. The van der Waals surface area contributed by atoms with Crippen LogP contribution in [-0.2, 0) is 42.6 Å². The Labute approximate surface area is 298 Å². The van der Waals surface area contributed by atoms with Crippen molar-refractivity contribution in [3.8, 4) is 0 Å². The normalized spacial score (nSPS) is 17.0. The number of nitrogens with zero attached hydrogens (tertiary/aromatic N) is 5. The number of H-pyrrole nitrogens is 1. The number of amides is 2. The van der Waals surface area contributed by atoms with Gasteiger partial charge in [0.25, 0.3) is 0 Å². The quantitative estimate of drug-likeness (QED) is 0.175. The van der Waals surface area contributed by atoms with Crippen LogP contribution in [0, 0.1) is 0 Å². The van der Waals surface area contributed by atoms with Crippen molar-refractivity contribution in [3.63, 3.8) is 0 Å². The number of benzene rings is 2. The summed E-state index contributed by atoms with van der Waals surface area (Å²) in [5.41, 5.74) is 6.35. The first-order valence-electron chi connectivity index (χ1n) is 17.8. The lowest BCUT2D eigenvalue weighted by Crippen LogP contribution is -2.37. The summed E-state index contributed by atoms with van der Waals surface area (Å²) in [7, 11) is 2.01. The van der Waals surface area contributed by atoms with Crippen LogP contribution in [0.3, 0.4) is 0 Å². The van der Waals surface area contributed by atoms with E-state index in [0.717, 1.165) is 79.4 Å². The minimum atomic E-state index is -0.218. The van der Waals surface area contributed by atoms with Crippen LogP contribution in [0.2, 0.25) is 0 Å². The van der Waals surface area contributed by atoms with Crippen molar-refractivity contribution in [2.24, 2.45) is 7.05 Å². The van der Waals surface area contributed by atoms with Gasteiger partial charge in [-0.3, -0.25) is 0 Å². The van der Waals surface area contributed by atoms with Gasteiger partial charge in [-0.2, -0.15) is 0 Å². The number of fused-ring (bicyclic) bond motifs is 2. The molecule has 0 spiro atoms. The number of likely N-dealkylation sites (tertiary alicyclic amines) is 2. The second-order valence-corrected chi connectivity index (χ2v) is 13.3. The van der Waals surface area contributed by atoms with Crippen LogP contribution >= 0.6 is 0 Å². The highest BCUT2D eigenvalue weighted by molar-refractivity contribution is 5.81. The SMILES string of the molecule is Cn1cc(C[C@@H]2CCCN2C(=O)OCc2ccccc2)c2cccnc21.O=C(OCc1ccccc1)N1CCC[C@H]1Cc1c[nH]c2ncccc12. The number of aryl methyl sites for hydroxylation is 1. The summed E-state index contributed by atoms with van der Waals surface area (Å²) in [5, 5.41) is 2.30. The van der Waals surface area contributed by atoms with Crippen LogP contribution in [0.15, 0.2) is 110 Å². The third-order valence-corrected chi connectivity index (χ3v) is 9.90. The number of carbonyl (C=O) groups excluding carboxylic acids is 2. The molecule has 2 aliphatic heterocycles. The lowest BCUT2D eigenvalue weighted by Gasteiger charge is -2.24. The number of rotatable bonds is 8. The van der Waals surface area contributed by atoms with Crippen molar-refractivity contribution in [1.29, 1.82) is 0 Å². The number of aromatic amines is 1. The average Bonchev–Trinajstić information content (AvgIpc) is 3.99. The predicted octanol–water partition coefficient (Wildman–Crippen LogP) is 7.82. The Morgan fingerprint density at radius 1 is 0.706 bits per heavy atom. The van der Waals surface area contributed by atoms with Gasteiger partial charge in [0, 0.05) is 67.8 Å². The Hall–Kier alpha value is -5.64. The molecule has 4 aromatic heterocycles. The summed E-state index contributed by atoms with van der Waals surface area (Å²) in [5.74, 6) is 0. The zero-order valence-electron chi connectivity index (χ0n) is 29.0.